The second-order valence-corrected chi connectivity index (χ2v) is 4.10. The molecule has 1 rings (SSSR count). The standard InChI is InChI=1S/C13H20N2O2/c1-10-5-3-6-12(9-10)17-8-4-7-15-13(16)11(2)14/h3,5-6,9,11H,4,7-8,14H2,1-2H3,(H,15,16). The number of carbonyl (C=O) groups is 1. The molecule has 1 aromatic carbocycles. The zero-order chi connectivity index (χ0) is 12.7. The molecule has 1 unspecified atom stereocenters. The molecule has 0 spiro atoms. The number of hydrogen-bond acceptors (Lipinski definition) is 3. The molecule has 17 heavy (non-hydrogen) atoms. The van der Waals surface area contributed by atoms with E-state index in [0.717, 1.165) is 12.2 Å². The minimum atomic E-state index is -0.451. The van der Waals surface area contributed by atoms with Crippen LogP contribution in [0.15, 0.2) is 24.3 Å². The summed E-state index contributed by atoms with van der Waals surface area (Å²) in [5, 5.41) is 2.74. The Hall–Kier alpha value is -1.55. The van der Waals surface area contributed by atoms with Gasteiger partial charge in [-0.25, -0.2) is 0 Å². The minimum Gasteiger partial charge on any atom is -0.494 e. The summed E-state index contributed by atoms with van der Waals surface area (Å²) in [6.07, 6.45) is 0.770. The van der Waals surface area contributed by atoms with Gasteiger partial charge in [0.1, 0.15) is 5.75 Å². The van der Waals surface area contributed by atoms with Gasteiger partial charge < -0.3 is 15.8 Å². The molecule has 3 N–H and O–H groups in total. The number of ether oxygens (including phenoxy) is 1. The van der Waals surface area contributed by atoms with Crippen LogP contribution < -0.4 is 15.8 Å². The van der Waals surface area contributed by atoms with Crippen LogP contribution >= 0.6 is 0 Å². The predicted octanol–water partition coefficient (Wildman–Crippen LogP) is 1.23. The molecule has 1 atom stereocenters. The molecule has 94 valence electrons. The maximum atomic E-state index is 11.1. The number of rotatable bonds is 6. The zero-order valence-electron chi connectivity index (χ0n) is 10.4. The average molecular weight is 236 g/mol. The van der Waals surface area contributed by atoms with Crippen molar-refractivity contribution in [3.63, 3.8) is 0 Å². The maximum Gasteiger partial charge on any atom is 0.236 e. The van der Waals surface area contributed by atoms with E-state index in [1.54, 1.807) is 6.92 Å². The van der Waals surface area contributed by atoms with Crippen LogP contribution in [-0.4, -0.2) is 25.1 Å². The Bertz CT molecular complexity index is 364. The molecule has 0 aliphatic carbocycles. The first kappa shape index (κ1) is 13.5. The van der Waals surface area contributed by atoms with Crippen LogP contribution in [-0.2, 0) is 4.79 Å². The molecular formula is C13H20N2O2. The van der Waals surface area contributed by atoms with Crippen LogP contribution in [0.5, 0.6) is 5.75 Å². The first-order valence-corrected chi connectivity index (χ1v) is 5.82. The molecule has 4 heteroatoms. The SMILES string of the molecule is Cc1cccc(OCCCNC(=O)C(C)N)c1. The van der Waals surface area contributed by atoms with Crippen molar-refractivity contribution in [2.45, 2.75) is 26.3 Å². The fourth-order valence-corrected chi connectivity index (χ4v) is 1.34. The molecule has 0 saturated heterocycles. The molecule has 4 nitrogen and oxygen atoms in total. The number of hydrogen-bond donors (Lipinski definition) is 2. The van der Waals surface area contributed by atoms with E-state index in [0.29, 0.717) is 13.2 Å². The van der Waals surface area contributed by atoms with E-state index < -0.39 is 6.04 Å². The molecular weight excluding hydrogens is 216 g/mol. The van der Waals surface area contributed by atoms with Crippen LogP contribution in [0.2, 0.25) is 0 Å². The summed E-state index contributed by atoms with van der Waals surface area (Å²) in [5.41, 5.74) is 6.59. The van der Waals surface area contributed by atoms with Gasteiger partial charge in [0, 0.05) is 6.54 Å². The third kappa shape index (κ3) is 5.36. The number of nitrogens with one attached hydrogen (secondary N) is 1. The number of benzene rings is 1. The van der Waals surface area contributed by atoms with Crippen LogP contribution in [0.25, 0.3) is 0 Å². The van der Waals surface area contributed by atoms with Gasteiger partial charge in [-0.1, -0.05) is 12.1 Å². The molecule has 0 saturated carbocycles. The smallest absolute Gasteiger partial charge is 0.236 e. The molecule has 0 aromatic heterocycles. The van der Waals surface area contributed by atoms with Crippen molar-refractivity contribution in [3.8, 4) is 5.75 Å². The van der Waals surface area contributed by atoms with Crippen molar-refractivity contribution in [3.05, 3.63) is 29.8 Å². The first-order valence-electron chi connectivity index (χ1n) is 5.82. The number of amides is 1. The van der Waals surface area contributed by atoms with Crippen molar-refractivity contribution < 1.29 is 9.53 Å². The van der Waals surface area contributed by atoms with Crippen LogP contribution in [0, 0.1) is 6.92 Å². The highest BCUT2D eigenvalue weighted by Crippen LogP contribution is 2.12. The second-order valence-electron chi connectivity index (χ2n) is 4.10. The van der Waals surface area contributed by atoms with Gasteiger partial charge in [0.15, 0.2) is 0 Å². The molecule has 0 fully saturated rings. The van der Waals surface area contributed by atoms with Crippen LogP contribution in [0.3, 0.4) is 0 Å². The van der Waals surface area contributed by atoms with Crippen LogP contribution in [0.4, 0.5) is 0 Å². The summed E-state index contributed by atoms with van der Waals surface area (Å²) >= 11 is 0. The largest absolute Gasteiger partial charge is 0.494 e. The Morgan fingerprint density at radius 2 is 2.29 bits per heavy atom. The number of nitrogens with two attached hydrogens (primary N) is 1. The summed E-state index contributed by atoms with van der Waals surface area (Å²) in [6, 6.07) is 7.44. The first-order chi connectivity index (χ1) is 8.09. The Morgan fingerprint density at radius 3 is 2.94 bits per heavy atom. The topological polar surface area (TPSA) is 64.3 Å². The van der Waals surface area contributed by atoms with E-state index in [1.807, 2.05) is 31.2 Å². The van der Waals surface area contributed by atoms with Gasteiger partial charge in [-0.3, -0.25) is 4.79 Å². The molecule has 1 aromatic rings. The van der Waals surface area contributed by atoms with E-state index in [9.17, 15) is 4.79 Å². The van der Waals surface area contributed by atoms with Crippen molar-refractivity contribution in [1.82, 2.24) is 5.32 Å². The minimum absolute atomic E-state index is 0.124. The summed E-state index contributed by atoms with van der Waals surface area (Å²) < 4.78 is 5.55. The molecule has 0 radical (unpaired) electrons. The third-order valence-electron chi connectivity index (χ3n) is 2.29. The van der Waals surface area contributed by atoms with Gasteiger partial charge >= 0.3 is 0 Å². The average Bonchev–Trinajstić information content (AvgIpc) is 2.28. The fourth-order valence-electron chi connectivity index (χ4n) is 1.34. The summed E-state index contributed by atoms with van der Waals surface area (Å²) in [4.78, 5) is 11.1. The van der Waals surface area contributed by atoms with Gasteiger partial charge in [0.25, 0.3) is 0 Å². The lowest BCUT2D eigenvalue weighted by atomic mass is 10.2. The maximum absolute atomic E-state index is 11.1. The Balaban J connectivity index is 2.14. The highest BCUT2D eigenvalue weighted by molar-refractivity contribution is 5.80. The lowest BCUT2D eigenvalue weighted by Crippen LogP contribution is -2.38. The van der Waals surface area contributed by atoms with Crippen molar-refractivity contribution in [1.29, 1.82) is 0 Å². The van der Waals surface area contributed by atoms with Crippen molar-refractivity contribution in [2.24, 2.45) is 5.73 Å². The monoisotopic (exact) mass is 236 g/mol. The Morgan fingerprint density at radius 1 is 1.53 bits per heavy atom. The van der Waals surface area contributed by atoms with Gasteiger partial charge in [-0.05, 0) is 38.0 Å². The highest BCUT2D eigenvalue weighted by atomic mass is 16.5. The third-order valence-corrected chi connectivity index (χ3v) is 2.29. The predicted molar refractivity (Wildman–Crippen MR) is 68.0 cm³/mol. The van der Waals surface area contributed by atoms with E-state index in [1.165, 1.54) is 5.56 Å². The fraction of sp³-hybridized carbons (Fsp3) is 0.462. The van der Waals surface area contributed by atoms with Gasteiger partial charge in [0.05, 0.1) is 12.6 Å². The lowest BCUT2D eigenvalue weighted by Gasteiger charge is -2.09. The Kier molecular flexibility index (Phi) is 5.49. The quantitative estimate of drug-likeness (QED) is 0.730. The van der Waals surface area contributed by atoms with E-state index >= 15 is 0 Å². The number of aryl methyl sites for hydroxylation is 1. The highest BCUT2D eigenvalue weighted by Gasteiger charge is 2.04. The summed E-state index contributed by atoms with van der Waals surface area (Å²) in [6.45, 7) is 4.86. The van der Waals surface area contributed by atoms with E-state index in [4.69, 9.17) is 10.5 Å². The number of carbonyl (C=O) groups excluding carboxylic acids is 1. The van der Waals surface area contributed by atoms with Crippen molar-refractivity contribution in [2.75, 3.05) is 13.2 Å². The van der Waals surface area contributed by atoms with Gasteiger partial charge in [0.2, 0.25) is 5.91 Å². The van der Waals surface area contributed by atoms with E-state index in [2.05, 4.69) is 5.32 Å². The van der Waals surface area contributed by atoms with E-state index in [-0.39, 0.29) is 5.91 Å². The molecule has 0 bridgehead atoms. The Labute approximate surface area is 102 Å². The molecule has 0 aliphatic heterocycles. The molecule has 0 heterocycles. The lowest BCUT2D eigenvalue weighted by molar-refractivity contribution is -0.121. The van der Waals surface area contributed by atoms with Crippen LogP contribution in [0.1, 0.15) is 18.9 Å². The van der Waals surface area contributed by atoms with Crippen molar-refractivity contribution >= 4 is 5.91 Å². The summed E-state index contributed by atoms with van der Waals surface area (Å²) in [5.74, 6) is 0.740. The van der Waals surface area contributed by atoms with Gasteiger partial charge in [-0.15, -0.1) is 0 Å². The molecule has 1 amide bonds. The zero-order valence-corrected chi connectivity index (χ0v) is 10.4. The summed E-state index contributed by atoms with van der Waals surface area (Å²) in [7, 11) is 0. The second kappa shape index (κ2) is 6.91. The normalized spacial score (nSPS) is 11.9. The molecule has 0 aliphatic rings. The van der Waals surface area contributed by atoms with Gasteiger partial charge in [-0.2, -0.15) is 0 Å².